The average Bonchev–Trinajstić information content (AvgIpc) is 2.66. The summed E-state index contributed by atoms with van der Waals surface area (Å²) >= 11 is 0. The van der Waals surface area contributed by atoms with Crippen LogP contribution in [0.5, 0.6) is 0 Å². The van der Waals surface area contributed by atoms with Crippen molar-refractivity contribution in [3.05, 3.63) is 65.2 Å². The van der Waals surface area contributed by atoms with Gasteiger partial charge < -0.3 is 0 Å². The molecule has 0 amide bonds. The molecule has 5 nitrogen and oxygen atoms in total. The van der Waals surface area contributed by atoms with Crippen LogP contribution in [-0.4, -0.2) is 26.3 Å². The maximum atomic E-state index is 13.0. The highest BCUT2D eigenvalue weighted by Gasteiger charge is 2.31. The molecule has 3 rings (SSSR count). The monoisotopic (exact) mass is 428 g/mol. The number of Topliss-reactive ketones (excluding diaryl/α,β-unsaturated/α-hetero) is 1. The molecule has 0 aliphatic carbocycles. The van der Waals surface area contributed by atoms with Gasteiger partial charge in [-0.1, -0.05) is 49.4 Å². The predicted octanol–water partition coefficient (Wildman–Crippen LogP) is 4.06. The zero-order chi connectivity index (χ0) is 21.9. The number of carbonyl (C=O) groups is 1. The summed E-state index contributed by atoms with van der Waals surface area (Å²) in [6.45, 7) is 7.91. The number of fused-ring (bicyclic) bond motifs is 1. The van der Waals surface area contributed by atoms with Crippen LogP contribution in [0, 0.1) is 5.92 Å². The van der Waals surface area contributed by atoms with Gasteiger partial charge >= 0.3 is 10.2 Å². The Hall–Kier alpha value is -2.18. The van der Waals surface area contributed by atoms with E-state index in [9.17, 15) is 13.2 Å². The Morgan fingerprint density at radius 3 is 2.47 bits per heavy atom. The third kappa shape index (κ3) is 5.49. The van der Waals surface area contributed by atoms with E-state index in [-0.39, 0.29) is 11.7 Å². The van der Waals surface area contributed by atoms with Crippen LogP contribution in [0.3, 0.4) is 0 Å². The molecule has 30 heavy (non-hydrogen) atoms. The lowest BCUT2D eigenvalue weighted by Crippen LogP contribution is -2.50. The van der Waals surface area contributed by atoms with Crippen molar-refractivity contribution >= 4 is 21.7 Å². The summed E-state index contributed by atoms with van der Waals surface area (Å²) in [5, 5.41) is 0. The van der Waals surface area contributed by atoms with Crippen molar-refractivity contribution in [2.45, 2.75) is 58.9 Å². The van der Waals surface area contributed by atoms with Crippen molar-refractivity contribution in [3.63, 3.8) is 0 Å². The first-order valence-corrected chi connectivity index (χ1v) is 12.0. The topological polar surface area (TPSA) is 66.5 Å². The minimum absolute atomic E-state index is 0.0887. The number of nitrogens with one attached hydrogen (secondary N) is 1. The Bertz CT molecular complexity index is 995. The van der Waals surface area contributed by atoms with Gasteiger partial charge in [-0.3, -0.25) is 9.10 Å². The second-order valence-corrected chi connectivity index (χ2v) is 10.8. The second-order valence-electron chi connectivity index (χ2n) is 9.18. The summed E-state index contributed by atoms with van der Waals surface area (Å²) in [7, 11) is -3.66. The Morgan fingerprint density at radius 2 is 1.80 bits per heavy atom. The predicted molar refractivity (Wildman–Crippen MR) is 122 cm³/mol. The Kier molecular flexibility index (Phi) is 6.68. The molecule has 0 aromatic heterocycles. The fraction of sp³-hybridized carbons (Fsp3) is 0.458. The molecule has 0 unspecified atom stereocenters. The normalized spacial score (nSPS) is 15.5. The second kappa shape index (κ2) is 8.90. The molecular weight excluding hydrogens is 396 g/mol. The van der Waals surface area contributed by atoms with Crippen molar-refractivity contribution in [2.24, 2.45) is 5.92 Å². The molecule has 1 heterocycles. The summed E-state index contributed by atoms with van der Waals surface area (Å²) in [5.74, 6) is 0.0919. The zero-order valence-electron chi connectivity index (χ0n) is 18.3. The molecule has 162 valence electrons. The minimum Gasteiger partial charge on any atom is -0.299 e. The van der Waals surface area contributed by atoms with E-state index in [2.05, 4.69) is 4.72 Å². The van der Waals surface area contributed by atoms with Gasteiger partial charge in [0.25, 0.3) is 0 Å². The Balaban J connectivity index is 1.81. The number of hydrogen-bond donors (Lipinski definition) is 1. The fourth-order valence-electron chi connectivity index (χ4n) is 3.96. The van der Waals surface area contributed by atoms with E-state index in [1.54, 1.807) is 0 Å². The van der Waals surface area contributed by atoms with Crippen molar-refractivity contribution in [3.8, 4) is 0 Å². The van der Waals surface area contributed by atoms with E-state index < -0.39 is 15.7 Å². The minimum atomic E-state index is -3.66. The van der Waals surface area contributed by atoms with Crippen molar-refractivity contribution in [2.75, 3.05) is 10.8 Å². The first-order chi connectivity index (χ1) is 14.1. The maximum Gasteiger partial charge on any atom is 0.302 e. The maximum absolute atomic E-state index is 13.0. The van der Waals surface area contributed by atoms with Gasteiger partial charge in [-0.15, -0.1) is 0 Å². The number of benzene rings is 2. The van der Waals surface area contributed by atoms with Gasteiger partial charge in [-0.25, -0.2) is 0 Å². The molecule has 6 heteroatoms. The van der Waals surface area contributed by atoms with E-state index in [0.717, 1.165) is 29.5 Å². The SMILES string of the molecule is C[C@@H](Cc1ccccc1)C(=O)Cc1cccc2c1CCCN2S(=O)(=O)NC(C)(C)C. The Morgan fingerprint density at radius 1 is 1.10 bits per heavy atom. The number of anilines is 1. The quantitative estimate of drug-likeness (QED) is 0.723. The highest BCUT2D eigenvalue weighted by Crippen LogP contribution is 2.32. The van der Waals surface area contributed by atoms with Crippen LogP contribution in [0.2, 0.25) is 0 Å². The third-order valence-electron chi connectivity index (χ3n) is 5.33. The van der Waals surface area contributed by atoms with Gasteiger partial charge in [0, 0.05) is 24.4 Å². The van der Waals surface area contributed by atoms with Gasteiger partial charge in [-0.2, -0.15) is 13.1 Å². The van der Waals surface area contributed by atoms with Gasteiger partial charge in [-0.05, 0) is 62.8 Å². The van der Waals surface area contributed by atoms with Gasteiger partial charge in [0.2, 0.25) is 0 Å². The summed E-state index contributed by atoms with van der Waals surface area (Å²) < 4.78 is 30.1. The number of carbonyl (C=O) groups excluding carboxylic acids is 1. The van der Waals surface area contributed by atoms with Gasteiger partial charge in [0.05, 0.1) is 5.69 Å². The van der Waals surface area contributed by atoms with E-state index in [1.165, 1.54) is 4.31 Å². The Labute approximate surface area is 180 Å². The van der Waals surface area contributed by atoms with Crippen LogP contribution in [-0.2, 0) is 34.3 Å². The van der Waals surface area contributed by atoms with Crippen LogP contribution in [0.15, 0.2) is 48.5 Å². The lowest BCUT2D eigenvalue weighted by molar-refractivity contribution is -0.121. The van der Waals surface area contributed by atoms with E-state index in [4.69, 9.17) is 0 Å². The van der Waals surface area contributed by atoms with Gasteiger partial charge in [0.1, 0.15) is 5.78 Å². The molecule has 0 fully saturated rings. The van der Waals surface area contributed by atoms with Crippen molar-refractivity contribution in [1.29, 1.82) is 0 Å². The van der Waals surface area contributed by atoms with Crippen LogP contribution >= 0.6 is 0 Å². The molecule has 0 saturated heterocycles. The molecule has 0 spiro atoms. The summed E-state index contributed by atoms with van der Waals surface area (Å²) in [6, 6.07) is 15.7. The molecule has 0 saturated carbocycles. The highest BCUT2D eigenvalue weighted by molar-refractivity contribution is 7.90. The molecule has 0 bridgehead atoms. The molecule has 1 N–H and O–H groups in total. The largest absolute Gasteiger partial charge is 0.302 e. The lowest BCUT2D eigenvalue weighted by Gasteiger charge is -2.34. The third-order valence-corrected chi connectivity index (χ3v) is 7.16. The fourth-order valence-corrected chi connectivity index (χ4v) is 5.65. The molecule has 2 aromatic rings. The van der Waals surface area contributed by atoms with Crippen LogP contribution in [0.4, 0.5) is 5.69 Å². The number of ketones is 1. The van der Waals surface area contributed by atoms with Crippen molar-refractivity contribution in [1.82, 2.24) is 4.72 Å². The lowest BCUT2D eigenvalue weighted by atomic mass is 9.89. The molecule has 1 aliphatic heterocycles. The zero-order valence-corrected chi connectivity index (χ0v) is 19.1. The van der Waals surface area contributed by atoms with Crippen LogP contribution in [0.25, 0.3) is 0 Å². The molecule has 1 aliphatic rings. The average molecular weight is 429 g/mol. The van der Waals surface area contributed by atoms with Crippen LogP contribution < -0.4 is 9.03 Å². The van der Waals surface area contributed by atoms with E-state index in [1.807, 2.05) is 76.2 Å². The smallest absolute Gasteiger partial charge is 0.299 e. The summed E-state index contributed by atoms with van der Waals surface area (Å²) in [4.78, 5) is 12.9. The van der Waals surface area contributed by atoms with Gasteiger partial charge in [0.15, 0.2) is 0 Å². The molecule has 2 aromatic carbocycles. The number of rotatable bonds is 7. The standard InChI is InChI=1S/C24H32N2O3S/c1-18(16-19-10-6-5-7-11-19)23(27)17-20-12-8-14-22-21(20)13-9-15-26(22)30(28,29)25-24(2,3)4/h5-8,10-12,14,18,25H,9,13,15-17H2,1-4H3/t18-/m0/s1. The molecule has 1 atom stereocenters. The van der Waals surface area contributed by atoms with E-state index in [0.29, 0.717) is 25.1 Å². The number of hydrogen-bond acceptors (Lipinski definition) is 3. The molecule has 0 radical (unpaired) electrons. The highest BCUT2D eigenvalue weighted by atomic mass is 32.2. The van der Waals surface area contributed by atoms with Crippen molar-refractivity contribution < 1.29 is 13.2 Å². The first kappa shape index (κ1) is 22.5. The number of nitrogens with zero attached hydrogens (tertiary/aromatic N) is 1. The van der Waals surface area contributed by atoms with Crippen LogP contribution in [0.1, 0.15) is 50.8 Å². The molecular formula is C24H32N2O3S. The van der Waals surface area contributed by atoms with E-state index >= 15 is 0 Å². The summed E-state index contributed by atoms with van der Waals surface area (Å²) in [6.07, 6.45) is 2.57. The summed E-state index contributed by atoms with van der Waals surface area (Å²) in [5.41, 5.74) is 3.20. The first-order valence-electron chi connectivity index (χ1n) is 10.6.